The summed E-state index contributed by atoms with van der Waals surface area (Å²) >= 11 is 0. The molecule has 25 heavy (non-hydrogen) atoms. The summed E-state index contributed by atoms with van der Waals surface area (Å²) in [6, 6.07) is 6.25. The lowest BCUT2D eigenvalue weighted by Crippen LogP contribution is -2.08. The summed E-state index contributed by atoms with van der Waals surface area (Å²) < 4.78 is 5.24. The maximum Gasteiger partial charge on any atom is 0.311 e. The average molecular weight is 344 g/mol. The number of unbranched alkanes of at least 4 members (excludes halogenated alkanes) is 4. The highest BCUT2D eigenvalue weighted by Gasteiger charge is 2.13. The highest BCUT2D eigenvalue weighted by Crippen LogP contribution is 2.27. The Kier molecular flexibility index (Phi) is 8.58. The molecule has 1 aliphatic rings. The lowest BCUT2D eigenvalue weighted by Gasteiger charge is -2.21. The van der Waals surface area contributed by atoms with E-state index in [9.17, 15) is 9.90 Å². The number of hydrogen-bond acceptors (Lipinski definition) is 3. The molecule has 0 amide bonds. The van der Waals surface area contributed by atoms with Crippen LogP contribution in [0.4, 0.5) is 0 Å². The van der Waals surface area contributed by atoms with Gasteiger partial charge in [0.25, 0.3) is 0 Å². The number of ether oxygens (including phenoxy) is 1. The highest BCUT2D eigenvalue weighted by molar-refractivity contribution is 5.72. The second kappa shape index (κ2) is 11.0. The van der Waals surface area contributed by atoms with E-state index in [1.165, 1.54) is 57.1 Å². The minimum atomic E-state index is -0.191. The number of carbonyl (C=O) groups is 1. The van der Waals surface area contributed by atoms with Crippen molar-refractivity contribution >= 4 is 5.97 Å². The van der Waals surface area contributed by atoms with E-state index in [0.717, 1.165) is 24.7 Å². The lowest BCUT2D eigenvalue weighted by atomic mass is 9.84. The SMILES string of the molecule is CCC1C=CC(CCCCCCCC(=O)Oc2ccc(O)cc2)CC1. The molecule has 0 spiro atoms. The van der Waals surface area contributed by atoms with Gasteiger partial charge in [0.1, 0.15) is 11.5 Å². The number of benzene rings is 1. The van der Waals surface area contributed by atoms with Gasteiger partial charge < -0.3 is 9.84 Å². The summed E-state index contributed by atoms with van der Waals surface area (Å²) in [6.07, 6.45) is 16.4. The Morgan fingerprint density at radius 1 is 1.00 bits per heavy atom. The Morgan fingerprint density at radius 3 is 2.32 bits per heavy atom. The van der Waals surface area contributed by atoms with Gasteiger partial charge in [0.15, 0.2) is 0 Å². The van der Waals surface area contributed by atoms with E-state index in [0.29, 0.717) is 12.2 Å². The van der Waals surface area contributed by atoms with Gasteiger partial charge in [0.05, 0.1) is 0 Å². The second-order valence-corrected chi connectivity index (χ2v) is 7.17. The predicted molar refractivity (Wildman–Crippen MR) is 102 cm³/mol. The van der Waals surface area contributed by atoms with Crippen LogP contribution in [-0.4, -0.2) is 11.1 Å². The van der Waals surface area contributed by atoms with Crippen LogP contribution in [0.1, 0.15) is 71.1 Å². The van der Waals surface area contributed by atoms with Gasteiger partial charge in [-0.2, -0.15) is 0 Å². The highest BCUT2D eigenvalue weighted by atomic mass is 16.5. The third-order valence-corrected chi connectivity index (χ3v) is 5.11. The largest absolute Gasteiger partial charge is 0.508 e. The molecule has 0 radical (unpaired) electrons. The van der Waals surface area contributed by atoms with Gasteiger partial charge in [-0.25, -0.2) is 0 Å². The number of hydrogen-bond donors (Lipinski definition) is 1. The van der Waals surface area contributed by atoms with Crippen molar-refractivity contribution in [2.24, 2.45) is 11.8 Å². The molecule has 3 nitrogen and oxygen atoms in total. The monoisotopic (exact) mass is 344 g/mol. The first kappa shape index (κ1) is 19.6. The summed E-state index contributed by atoms with van der Waals surface area (Å²) in [7, 11) is 0. The molecule has 1 aromatic rings. The van der Waals surface area contributed by atoms with Crippen LogP contribution in [0.2, 0.25) is 0 Å². The first-order valence-electron chi connectivity index (χ1n) is 9.85. The summed E-state index contributed by atoms with van der Waals surface area (Å²) in [5, 5.41) is 9.20. The van der Waals surface area contributed by atoms with Crippen LogP contribution in [0.5, 0.6) is 11.5 Å². The van der Waals surface area contributed by atoms with Crippen LogP contribution in [0.15, 0.2) is 36.4 Å². The van der Waals surface area contributed by atoms with Crippen LogP contribution in [0.25, 0.3) is 0 Å². The zero-order chi connectivity index (χ0) is 17.9. The predicted octanol–water partition coefficient (Wildman–Crippen LogP) is 6.02. The van der Waals surface area contributed by atoms with E-state index in [1.807, 2.05) is 0 Å². The molecule has 0 bridgehead atoms. The van der Waals surface area contributed by atoms with Crippen LogP contribution >= 0.6 is 0 Å². The topological polar surface area (TPSA) is 46.5 Å². The van der Waals surface area contributed by atoms with Crippen LogP contribution < -0.4 is 4.74 Å². The number of phenols is 1. The van der Waals surface area contributed by atoms with Gasteiger partial charge >= 0.3 is 5.97 Å². The summed E-state index contributed by atoms with van der Waals surface area (Å²) in [6.45, 7) is 2.27. The van der Waals surface area contributed by atoms with Crippen molar-refractivity contribution in [2.45, 2.75) is 71.1 Å². The molecule has 0 fully saturated rings. The van der Waals surface area contributed by atoms with E-state index >= 15 is 0 Å². The Labute approximate surface area is 152 Å². The summed E-state index contributed by atoms with van der Waals surface area (Å²) in [5.74, 6) is 2.09. The molecule has 3 heteroatoms. The normalized spacial score (nSPS) is 19.7. The van der Waals surface area contributed by atoms with Crippen molar-refractivity contribution in [3.63, 3.8) is 0 Å². The summed E-state index contributed by atoms with van der Waals surface area (Å²) in [5.41, 5.74) is 0. The van der Waals surface area contributed by atoms with Crippen LogP contribution in [0, 0.1) is 11.8 Å². The van der Waals surface area contributed by atoms with Gasteiger partial charge in [0, 0.05) is 6.42 Å². The minimum absolute atomic E-state index is 0.175. The van der Waals surface area contributed by atoms with Crippen LogP contribution in [-0.2, 0) is 4.79 Å². The van der Waals surface area contributed by atoms with Crippen molar-refractivity contribution in [1.29, 1.82) is 0 Å². The van der Waals surface area contributed by atoms with E-state index in [2.05, 4.69) is 19.1 Å². The molecule has 0 heterocycles. The Bertz CT molecular complexity index is 533. The fourth-order valence-electron chi connectivity index (χ4n) is 3.42. The fraction of sp³-hybridized carbons (Fsp3) is 0.591. The quantitative estimate of drug-likeness (QED) is 0.244. The van der Waals surface area contributed by atoms with Gasteiger partial charge in [-0.05, 0) is 68.2 Å². The van der Waals surface area contributed by atoms with Crippen molar-refractivity contribution in [2.75, 3.05) is 0 Å². The molecule has 1 N–H and O–H groups in total. The molecule has 1 aromatic carbocycles. The van der Waals surface area contributed by atoms with E-state index in [4.69, 9.17) is 4.74 Å². The standard InChI is InChI=1S/C22H32O3/c1-2-18-10-12-19(13-11-18)8-6-4-3-5-7-9-22(24)25-21-16-14-20(23)15-17-21/h10,12,14-19,23H,2-9,11,13H2,1H3. The number of allylic oxidation sites excluding steroid dienone is 2. The average Bonchev–Trinajstić information content (AvgIpc) is 2.63. The van der Waals surface area contributed by atoms with E-state index in [-0.39, 0.29) is 11.7 Å². The first-order valence-corrected chi connectivity index (χ1v) is 9.85. The number of rotatable bonds is 10. The van der Waals surface area contributed by atoms with Gasteiger partial charge in [-0.15, -0.1) is 0 Å². The van der Waals surface area contributed by atoms with Crippen molar-refractivity contribution in [3.8, 4) is 11.5 Å². The molecule has 0 saturated heterocycles. The lowest BCUT2D eigenvalue weighted by molar-refractivity contribution is -0.134. The Balaban J connectivity index is 1.46. The molecule has 0 aliphatic heterocycles. The van der Waals surface area contributed by atoms with Crippen LogP contribution in [0.3, 0.4) is 0 Å². The Hall–Kier alpha value is -1.77. The van der Waals surface area contributed by atoms with Crippen molar-refractivity contribution in [1.82, 2.24) is 0 Å². The molecular formula is C22H32O3. The fourth-order valence-corrected chi connectivity index (χ4v) is 3.42. The van der Waals surface area contributed by atoms with E-state index < -0.39 is 0 Å². The van der Waals surface area contributed by atoms with Gasteiger partial charge in [-0.1, -0.05) is 44.8 Å². The zero-order valence-corrected chi connectivity index (χ0v) is 15.5. The molecule has 2 rings (SSSR count). The molecule has 138 valence electrons. The molecule has 2 atom stereocenters. The number of carbonyl (C=O) groups excluding carboxylic acids is 1. The molecular weight excluding hydrogens is 312 g/mol. The maximum atomic E-state index is 11.8. The second-order valence-electron chi connectivity index (χ2n) is 7.17. The van der Waals surface area contributed by atoms with Crippen molar-refractivity contribution < 1.29 is 14.6 Å². The van der Waals surface area contributed by atoms with Gasteiger partial charge in [-0.3, -0.25) is 4.79 Å². The smallest absolute Gasteiger partial charge is 0.311 e. The molecule has 2 unspecified atom stereocenters. The van der Waals surface area contributed by atoms with E-state index in [1.54, 1.807) is 12.1 Å². The summed E-state index contributed by atoms with van der Waals surface area (Å²) in [4.78, 5) is 11.8. The zero-order valence-electron chi connectivity index (χ0n) is 15.5. The van der Waals surface area contributed by atoms with Crippen molar-refractivity contribution in [3.05, 3.63) is 36.4 Å². The van der Waals surface area contributed by atoms with Gasteiger partial charge in [0.2, 0.25) is 0 Å². The number of aromatic hydroxyl groups is 1. The molecule has 0 aromatic heterocycles. The first-order chi connectivity index (χ1) is 12.2. The number of esters is 1. The molecule has 1 aliphatic carbocycles. The number of phenolic OH excluding ortho intramolecular Hbond substituents is 1. The maximum absolute atomic E-state index is 11.8. The third-order valence-electron chi connectivity index (χ3n) is 5.11. The minimum Gasteiger partial charge on any atom is -0.508 e. The molecule has 0 saturated carbocycles. The Morgan fingerprint density at radius 2 is 1.64 bits per heavy atom. The third kappa shape index (κ3) is 7.76.